The number of allylic oxidation sites excluding steroid dienone is 1. The van der Waals surface area contributed by atoms with Gasteiger partial charge in [-0.1, -0.05) is 13.0 Å². The molecule has 0 spiro atoms. The van der Waals surface area contributed by atoms with Crippen LogP contribution >= 0.6 is 0 Å². The average molecular weight is 125 g/mol. The van der Waals surface area contributed by atoms with Crippen molar-refractivity contribution in [3.8, 4) is 0 Å². The first kappa shape index (κ1) is 6.49. The van der Waals surface area contributed by atoms with E-state index >= 15 is 0 Å². The molecule has 2 nitrogen and oxygen atoms in total. The molecule has 50 valence electrons. The molecule has 2 atom stereocenters. The Labute approximate surface area is 54.7 Å². The molecule has 1 rings (SSSR count). The summed E-state index contributed by atoms with van der Waals surface area (Å²) in [6.07, 6.45) is 4.00. The third-order valence-electron chi connectivity index (χ3n) is 1.70. The van der Waals surface area contributed by atoms with Gasteiger partial charge in [-0.2, -0.15) is 0 Å². The highest BCUT2D eigenvalue weighted by atomic mass is 16.1. The SMILES string of the molecule is CC1C=CC(=O)CC1N. The van der Waals surface area contributed by atoms with Crippen molar-refractivity contribution >= 4 is 5.78 Å². The van der Waals surface area contributed by atoms with E-state index in [1.165, 1.54) is 0 Å². The zero-order valence-corrected chi connectivity index (χ0v) is 5.50. The standard InChI is InChI=1S/C7H11NO/c1-5-2-3-6(9)4-7(5)8/h2-3,5,7H,4,8H2,1H3. The van der Waals surface area contributed by atoms with Gasteiger partial charge in [0.25, 0.3) is 0 Å². The Morgan fingerprint density at radius 2 is 2.44 bits per heavy atom. The third-order valence-corrected chi connectivity index (χ3v) is 1.70. The Hall–Kier alpha value is -0.630. The maximum absolute atomic E-state index is 10.7. The monoisotopic (exact) mass is 125 g/mol. The highest BCUT2D eigenvalue weighted by Gasteiger charge is 2.16. The van der Waals surface area contributed by atoms with Crippen LogP contribution in [-0.4, -0.2) is 11.8 Å². The van der Waals surface area contributed by atoms with Crippen LogP contribution in [0.25, 0.3) is 0 Å². The van der Waals surface area contributed by atoms with Crippen LogP contribution in [0.2, 0.25) is 0 Å². The Bertz CT molecular complexity index is 151. The Morgan fingerprint density at radius 1 is 1.78 bits per heavy atom. The first-order valence-corrected chi connectivity index (χ1v) is 3.17. The van der Waals surface area contributed by atoms with E-state index in [4.69, 9.17) is 5.73 Å². The van der Waals surface area contributed by atoms with Gasteiger partial charge in [-0.05, 0) is 12.0 Å². The summed E-state index contributed by atoms with van der Waals surface area (Å²) >= 11 is 0. The molecule has 0 aromatic heterocycles. The number of rotatable bonds is 0. The lowest BCUT2D eigenvalue weighted by molar-refractivity contribution is -0.115. The van der Waals surface area contributed by atoms with Gasteiger partial charge >= 0.3 is 0 Å². The topological polar surface area (TPSA) is 43.1 Å². The van der Waals surface area contributed by atoms with Gasteiger partial charge in [-0.15, -0.1) is 0 Å². The van der Waals surface area contributed by atoms with Gasteiger partial charge in [0.1, 0.15) is 0 Å². The second-order valence-electron chi connectivity index (χ2n) is 2.55. The average Bonchev–Trinajstić information content (AvgIpc) is 1.80. The number of carbonyl (C=O) groups excluding carboxylic acids is 1. The minimum atomic E-state index is 0.0440. The van der Waals surface area contributed by atoms with E-state index in [2.05, 4.69) is 0 Å². The fourth-order valence-electron chi connectivity index (χ4n) is 0.888. The molecule has 2 unspecified atom stereocenters. The molecule has 2 heteroatoms. The molecule has 0 fully saturated rings. The van der Waals surface area contributed by atoms with E-state index in [1.807, 2.05) is 13.0 Å². The largest absolute Gasteiger partial charge is 0.327 e. The molecule has 0 radical (unpaired) electrons. The zero-order chi connectivity index (χ0) is 6.85. The maximum Gasteiger partial charge on any atom is 0.156 e. The summed E-state index contributed by atoms with van der Waals surface area (Å²) in [4.78, 5) is 10.7. The second-order valence-corrected chi connectivity index (χ2v) is 2.55. The lowest BCUT2D eigenvalue weighted by Crippen LogP contribution is -2.32. The van der Waals surface area contributed by atoms with Crippen molar-refractivity contribution in [2.75, 3.05) is 0 Å². The first-order chi connectivity index (χ1) is 4.20. The predicted octanol–water partition coefficient (Wildman–Crippen LogP) is 0.479. The van der Waals surface area contributed by atoms with E-state index in [0.717, 1.165) is 0 Å². The van der Waals surface area contributed by atoms with Gasteiger partial charge in [-0.25, -0.2) is 0 Å². The minimum absolute atomic E-state index is 0.0440. The predicted molar refractivity (Wildman–Crippen MR) is 35.9 cm³/mol. The highest BCUT2D eigenvalue weighted by molar-refractivity contribution is 5.91. The van der Waals surface area contributed by atoms with Crippen molar-refractivity contribution in [3.63, 3.8) is 0 Å². The van der Waals surface area contributed by atoms with E-state index < -0.39 is 0 Å². The molecule has 0 amide bonds. The number of nitrogens with two attached hydrogens (primary N) is 1. The molecule has 0 heterocycles. The van der Waals surface area contributed by atoms with Gasteiger partial charge in [0, 0.05) is 12.5 Å². The van der Waals surface area contributed by atoms with Gasteiger partial charge < -0.3 is 5.73 Å². The fourth-order valence-corrected chi connectivity index (χ4v) is 0.888. The van der Waals surface area contributed by atoms with Crippen LogP contribution in [0.1, 0.15) is 13.3 Å². The van der Waals surface area contributed by atoms with E-state index in [9.17, 15) is 4.79 Å². The molecule has 0 bridgehead atoms. The summed E-state index contributed by atoms with van der Waals surface area (Å²) in [5, 5.41) is 0. The van der Waals surface area contributed by atoms with Crippen molar-refractivity contribution in [2.24, 2.45) is 11.7 Å². The number of hydrogen-bond donors (Lipinski definition) is 1. The number of carbonyl (C=O) groups is 1. The molecule has 0 aromatic rings. The summed E-state index contributed by atoms with van der Waals surface area (Å²) in [5.74, 6) is 0.517. The van der Waals surface area contributed by atoms with Crippen LogP contribution in [0.15, 0.2) is 12.2 Å². The van der Waals surface area contributed by atoms with Gasteiger partial charge in [0.2, 0.25) is 0 Å². The Kier molecular flexibility index (Phi) is 1.67. The van der Waals surface area contributed by atoms with E-state index in [1.54, 1.807) is 6.08 Å². The summed E-state index contributed by atoms with van der Waals surface area (Å²) in [6, 6.07) is 0.0440. The van der Waals surface area contributed by atoms with Crippen LogP contribution < -0.4 is 5.73 Å². The fraction of sp³-hybridized carbons (Fsp3) is 0.571. The Balaban J connectivity index is 2.65. The number of hydrogen-bond acceptors (Lipinski definition) is 2. The first-order valence-electron chi connectivity index (χ1n) is 3.17. The number of ketones is 1. The highest BCUT2D eigenvalue weighted by Crippen LogP contribution is 2.12. The van der Waals surface area contributed by atoms with Crippen LogP contribution in [0, 0.1) is 5.92 Å². The lowest BCUT2D eigenvalue weighted by atomic mass is 9.92. The summed E-state index contributed by atoms with van der Waals surface area (Å²) in [6.45, 7) is 2.02. The molecule has 0 saturated heterocycles. The lowest BCUT2D eigenvalue weighted by Gasteiger charge is -2.18. The van der Waals surface area contributed by atoms with Gasteiger partial charge in [0.15, 0.2) is 5.78 Å². The van der Waals surface area contributed by atoms with Crippen molar-refractivity contribution in [1.82, 2.24) is 0 Å². The van der Waals surface area contributed by atoms with Crippen LogP contribution in [0.5, 0.6) is 0 Å². The molecule has 2 N–H and O–H groups in total. The zero-order valence-electron chi connectivity index (χ0n) is 5.50. The second kappa shape index (κ2) is 2.31. The van der Waals surface area contributed by atoms with Crippen LogP contribution in [0.4, 0.5) is 0 Å². The van der Waals surface area contributed by atoms with Crippen molar-refractivity contribution in [3.05, 3.63) is 12.2 Å². The van der Waals surface area contributed by atoms with Gasteiger partial charge in [-0.3, -0.25) is 4.79 Å². The Morgan fingerprint density at radius 3 is 2.89 bits per heavy atom. The molecule has 0 aromatic carbocycles. The minimum Gasteiger partial charge on any atom is -0.327 e. The van der Waals surface area contributed by atoms with E-state index in [0.29, 0.717) is 12.3 Å². The molecule has 0 saturated carbocycles. The van der Waals surface area contributed by atoms with Crippen molar-refractivity contribution in [2.45, 2.75) is 19.4 Å². The maximum atomic E-state index is 10.7. The molecular weight excluding hydrogens is 114 g/mol. The van der Waals surface area contributed by atoms with E-state index in [-0.39, 0.29) is 11.8 Å². The summed E-state index contributed by atoms with van der Waals surface area (Å²) < 4.78 is 0. The summed E-state index contributed by atoms with van der Waals surface area (Å²) in [5.41, 5.74) is 5.60. The quantitative estimate of drug-likeness (QED) is 0.511. The summed E-state index contributed by atoms with van der Waals surface area (Å²) in [7, 11) is 0. The van der Waals surface area contributed by atoms with Crippen molar-refractivity contribution < 1.29 is 4.79 Å². The van der Waals surface area contributed by atoms with Crippen LogP contribution in [-0.2, 0) is 4.79 Å². The molecule has 0 aliphatic heterocycles. The normalized spacial score (nSPS) is 35.1. The molecule has 1 aliphatic rings. The van der Waals surface area contributed by atoms with Crippen LogP contribution in [0.3, 0.4) is 0 Å². The van der Waals surface area contributed by atoms with Crippen molar-refractivity contribution in [1.29, 1.82) is 0 Å². The molecular formula is C7H11NO. The van der Waals surface area contributed by atoms with Gasteiger partial charge in [0.05, 0.1) is 0 Å². The molecule has 1 aliphatic carbocycles. The molecule has 9 heavy (non-hydrogen) atoms. The smallest absolute Gasteiger partial charge is 0.156 e. The third kappa shape index (κ3) is 1.39.